The van der Waals surface area contributed by atoms with Crippen LogP contribution < -0.4 is 9.64 Å². The van der Waals surface area contributed by atoms with Gasteiger partial charge in [-0.15, -0.1) is 0 Å². The van der Waals surface area contributed by atoms with Crippen LogP contribution in [-0.2, 0) is 0 Å². The summed E-state index contributed by atoms with van der Waals surface area (Å²) in [6.07, 6.45) is 0.185. The Labute approximate surface area is 162 Å². The quantitative estimate of drug-likeness (QED) is 0.577. The van der Waals surface area contributed by atoms with Gasteiger partial charge in [0, 0.05) is 17.8 Å². The molecule has 5 nitrogen and oxygen atoms in total. The van der Waals surface area contributed by atoms with Gasteiger partial charge in [0.05, 0.1) is 19.1 Å². The van der Waals surface area contributed by atoms with Crippen LogP contribution in [0.4, 0.5) is 10.1 Å². The molecule has 0 saturated carbocycles. The van der Waals surface area contributed by atoms with Crippen molar-refractivity contribution in [2.45, 2.75) is 13.3 Å². The molecule has 1 heterocycles. The molecule has 0 saturated heterocycles. The number of benzene rings is 2. The van der Waals surface area contributed by atoms with Crippen LogP contribution in [0, 0.1) is 17.1 Å². The Bertz CT molecular complexity index is 972. The highest BCUT2D eigenvalue weighted by atomic mass is 19.1. The molecule has 1 amide bonds. The van der Waals surface area contributed by atoms with E-state index in [1.807, 2.05) is 6.92 Å². The second kappa shape index (κ2) is 8.87. The van der Waals surface area contributed by atoms with Gasteiger partial charge in [-0.1, -0.05) is 0 Å². The number of carbonyl (C=O) groups is 1. The second-order valence-corrected chi connectivity index (χ2v) is 5.96. The molecule has 0 spiro atoms. The van der Waals surface area contributed by atoms with E-state index in [4.69, 9.17) is 14.4 Å². The van der Waals surface area contributed by atoms with Gasteiger partial charge < -0.3 is 14.1 Å². The van der Waals surface area contributed by atoms with Crippen molar-refractivity contribution in [1.82, 2.24) is 0 Å². The third kappa shape index (κ3) is 4.38. The highest BCUT2D eigenvalue weighted by molar-refractivity contribution is 6.04. The fraction of sp³-hybridized carbons (Fsp3) is 0.182. The number of hydrogen-bond donors (Lipinski definition) is 0. The Balaban J connectivity index is 1.85. The first-order valence-electron chi connectivity index (χ1n) is 8.90. The Morgan fingerprint density at radius 2 is 1.82 bits per heavy atom. The summed E-state index contributed by atoms with van der Waals surface area (Å²) in [4.78, 5) is 14.5. The summed E-state index contributed by atoms with van der Waals surface area (Å²) in [6.45, 7) is 2.68. The first-order valence-corrected chi connectivity index (χ1v) is 8.90. The van der Waals surface area contributed by atoms with E-state index in [1.165, 1.54) is 17.0 Å². The Morgan fingerprint density at radius 1 is 1.11 bits per heavy atom. The lowest BCUT2D eigenvalue weighted by Crippen LogP contribution is -2.31. The molecule has 0 bridgehead atoms. The number of anilines is 1. The number of furan rings is 1. The molecular weight excluding hydrogens is 359 g/mol. The fourth-order valence-electron chi connectivity index (χ4n) is 2.75. The maximum Gasteiger partial charge on any atom is 0.294 e. The maximum atomic E-state index is 13.1. The van der Waals surface area contributed by atoms with Gasteiger partial charge in [-0.3, -0.25) is 4.79 Å². The van der Waals surface area contributed by atoms with E-state index in [1.54, 1.807) is 48.5 Å². The van der Waals surface area contributed by atoms with Crippen molar-refractivity contribution < 1.29 is 18.3 Å². The summed E-state index contributed by atoms with van der Waals surface area (Å²) in [5.41, 5.74) is 1.31. The predicted octanol–water partition coefficient (Wildman–Crippen LogP) is 5.04. The minimum Gasteiger partial charge on any atom is -0.494 e. The third-order valence-electron chi connectivity index (χ3n) is 4.10. The van der Waals surface area contributed by atoms with Gasteiger partial charge in [-0.25, -0.2) is 4.39 Å². The standard InChI is InChI=1S/C22H19FN2O3/c1-2-27-19-10-8-18(9-11-19)25(15-3-14-24)22(26)21-13-12-20(28-21)16-4-6-17(23)7-5-16/h4-13H,2-3,15H2,1H3. The van der Waals surface area contributed by atoms with Crippen LogP contribution in [0.25, 0.3) is 11.3 Å². The summed E-state index contributed by atoms with van der Waals surface area (Å²) in [7, 11) is 0. The first-order chi connectivity index (χ1) is 13.6. The van der Waals surface area contributed by atoms with Gasteiger partial charge in [-0.2, -0.15) is 5.26 Å². The van der Waals surface area contributed by atoms with E-state index >= 15 is 0 Å². The van der Waals surface area contributed by atoms with Gasteiger partial charge in [-0.05, 0) is 67.6 Å². The number of ether oxygens (including phenoxy) is 1. The molecule has 0 N–H and O–H groups in total. The molecule has 2 aromatic carbocycles. The molecule has 28 heavy (non-hydrogen) atoms. The van der Waals surface area contributed by atoms with Gasteiger partial charge in [0.1, 0.15) is 17.3 Å². The molecule has 0 aliphatic carbocycles. The molecule has 0 aliphatic heterocycles. The van der Waals surface area contributed by atoms with E-state index < -0.39 is 0 Å². The number of halogens is 1. The molecule has 3 rings (SSSR count). The third-order valence-corrected chi connectivity index (χ3v) is 4.10. The molecular formula is C22H19FN2O3. The van der Waals surface area contributed by atoms with E-state index in [9.17, 15) is 9.18 Å². The average Bonchev–Trinajstić information content (AvgIpc) is 3.20. The molecule has 0 aliphatic rings. The SMILES string of the molecule is CCOc1ccc(N(CCC#N)C(=O)c2ccc(-c3ccc(F)cc3)o2)cc1. The summed E-state index contributed by atoms with van der Waals surface area (Å²) in [5.74, 6) is 0.620. The molecule has 6 heteroatoms. The van der Waals surface area contributed by atoms with E-state index in [0.29, 0.717) is 29.4 Å². The monoisotopic (exact) mass is 378 g/mol. The second-order valence-electron chi connectivity index (χ2n) is 5.96. The van der Waals surface area contributed by atoms with E-state index in [2.05, 4.69) is 6.07 Å². The maximum absolute atomic E-state index is 13.1. The number of carbonyl (C=O) groups excluding carboxylic acids is 1. The molecule has 0 unspecified atom stereocenters. The normalized spacial score (nSPS) is 10.3. The van der Waals surface area contributed by atoms with Crippen molar-refractivity contribution in [3.05, 3.63) is 72.2 Å². The highest BCUT2D eigenvalue weighted by Crippen LogP contribution is 2.26. The van der Waals surface area contributed by atoms with Crippen molar-refractivity contribution in [3.63, 3.8) is 0 Å². The van der Waals surface area contributed by atoms with Crippen molar-refractivity contribution in [3.8, 4) is 23.1 Å². The summed E-state index contributed by atoms with van der Waals surface area (Å²) >= 11 is 0. The van der Waals surface area contributed by atoms with Crippen molar-refractivity contribution in [2.24, 2.45) is 0 Å². The van der Waals surface area contributed by atoms with Crippen LogP contribution in [0.1, 0.15) is 23.9 Å². The molecule has 3 aromatic rings. The summed E-state index contributed by atoms with van der Waals surface area (Å²) in [6, 6.07) is 18.2. The van der Waals surface area contributed by atoms with Gasteiger partial charge >= 0.3 is 0 Å². The fourth-order valence-corrected chi connectivity index (χ4v) is 2.75. The van der Waals surface area contributed by atoms with Crippen LogP contribution in [-0.4, -0.2) is 19.1 Å². The smallest absolute Gasteiger partial charge is 0.294 e. The molecule has 1 aromatic heterocycles. The van der Waals surface area contributed by atoms with Crippen LogP contribution in [0.3, 0.4) is 0 Å². The molecule has 0 atom stereocenters. The number of amides is 1. The van der Waals surface area contributed by atoms with Crippen LogP contribution in [0.5, 0.6) is 5.75 Å². The largest absolute Gasteiger partial charge is 0.494 e. The zero-order valence-corrected chi connectivity index (χ0v) is 15.4. The summed E-state index contributed by atoms with van der Waals surface area (Å²) in [5, 5.41) is 8.94. The lowest BCUT2D eigenvalue weighted by Gasteiger charge is -2.21. The van der Waals surface area contributed by atoms with Crippen LogP contribution in [0.15, 0.2) is 65.1 Å². The minimum atomic E-state index is -0.354. The minimum absolute atomic E-state index is 0.145. The van der Waals surface area contributed by atoms with E-state index in [0.717, 1.165) is 0 Å². The van der Waals surface area contributed by atoms with Gasteiger partial charge in [0.2, 0.25) is 0 Å². The van der Waals surface area contributed by atoms with E-state index in [-0.39, 0.29) is 30.5 Å². The average molecular weight is 378 g/mol. The van der Waals surface area contributed by atoms with Crippen molar-refractivity contribution in [1.29, 1.82) is 5.26 Å². The van der Waals surface area contributed by atoms with Crippen LogP contribution >= 0.6 is 0 Å². The Morgan fingerprint density at radius 3 is 2.46 bits per heavy atom. The number of hydrogen-bond acceptors (Lipinski definition) is 4. The Hall–Kier alpha value is -3.59. The molecule has 0 fully saturated rings. The van der Waals surface area contributed by atoms with Gasteiger partial charge in [0.25, 0.3) is 5.91 Å². The van der Waals surface area contributed by atoms with Crippen molar-refractivity contribution >= 4 is 11.6 Å². The predicted molar refractivity (Wildman–Crippen MR) is 104 cm³/mol. The first kappa shape index (κ1) is 19.2. The summed E-state index contributed by atoms with van der Waals surface area (Å²) < 4.78 is 24.2. The number of nitriles is 1. The Kier molecular flexibility index (Phi) is 6.07. The lowest BCUT2D eigenvalue weighted by molar-refractivity contribution is 0.0961. The number of rotatable bonds is 7. The molecule has 142 valence electrons. The zero-order valence-electron chi connectivity index (χ0n) is 15.4. The lowest BCUT2D eigenvalue weighted by atomic mass is 10.2. The highest BCUT2D eigenvalue weighted by Gasteiger charge is 2.21. The zero-order chi connectivity index (χ0) is 19.9. The number of nitrogens with zero attached hydrogens (tertiary/aromatic N) is 2. The van der Waals surface area contributed by atoms with Crippen LogP contribution in [0.2, 0.25) is 0 Å². The van der Waals surface area contributed by atoms with Crippen molar-refractivity contribution in [2.75, 3.05) is 18.1 Å². The van der Waals surface area contributed by atoms with Gasteiger partial charge in [0.15, 0.2) is 5.76 Å². The topological polar surface area (TPSA) is 66.5 Å². The molecule has 0 radical (unpaired) electrons.